The van der Waals surface area contributed by atoms with E-state index in [1.807, 2.05) is 0 Å². The summed E-state index contributed by atoms with van der Waals surface area (Å²) in [5.74, 6) is 0. The van der Waals surface area contributed by atoms with E-state index in [2.05, 4.69) is 6.07 Å². The minimum absolute atomic E-state index is 0.344. The Bertz CT molecular complexity index is 396. The van der Waals surface area contributed by atoms with Gasteiger partial charge in [0.15, 0.2) is 9.84 Å². The van der Waals surface area contributed by atoms with Gasteiger partial charge in [-0.25, -0.2) is 8.42 Å². The fraction of sp³-hybridized carbons (Fsp3) is 0.333. The molecule has 0 N–H and O–H groups in total. The minimum atomic E-state index is -3.14. The maximum atomic E-state index is 11.3. The second-order valence-corrected chi connectivity index (χ2v) is 5.04. The Morgan fingerprint density at radius 2 is 2.00 bits per heavy atom. The van der Waals surface area contributed by atoms with Gasteiger partial charge in [0, 0.05) is 20.4 Å². The standard InChI is InChI=1S/C9H12NO2S/c1-10(2)8-6-4-5-7-9(8)13(3,11)12/h5-7H,1-3H3. The smallest absolute Gasteiger partial charge is 0.177 e. The molecule has 0 fully saturated rings. The first-order chi connectivity index (χ1) is 5.93. The molecule has 1 radical (unpaired) electrons. The molecular formula is C9H12NO2S. The van der Waals surface area contributed by atoms with Crippen molar-refractivity contribution in [2.75, 3.05) is 25.3 Å². The van der Waals surface area contributed by atoms with Crippen LogP contribution in [0.4, 0.5) is 5.69 Å². The van der Waals surface area contributed by atoms with E-state index in [4.69, 9.17) is 0 Å². The monoisotopic (exact) mass is 198 g/mol. The lowest BCUT2D eigenvalue weighted by Crippen LogP contribution is -2.13. The number of benzene rings is 1. The van der Waals surface area contributed by atoms with Crippen LogP contribution in [0.1, 0.15) is 0 Å². The van der Waals surface area contributed by atoms with Crippen LogP contribution in [0.3, 0.4) is 0 Å². The molecule has 1 rings (SSSR count). The highest BCUT2D eigenvalue weighted by Gasteiger charge is 2.12. The number of sulfone groups is 1. The summed E-state index contributed by atoms with van der Waals surface area (Å²) in [7, 11) is 0.467. The highest BCUT2D eigenvalue weighted by atomic mass is 32.2. The van der Waals surface area contributed by atoms with Crippen LogP contribution in [-0.2, 0) is 9.84 Å². The van der Waals surface area contributed by atoms with Crippen molar-refractivity contribution in [2.45, 2.75) is 4.90 Å². The van der Waals surface area contributed by atoms with Crippen molar-refractivity contribution in [1.29, 1.82) is 0 Å². The number of anilines is 1. The second-order valence-electron chi connectivity index (χ2n) is 3.06. The molecule has 0 amide bonds. The van der Waals surface area contributed by atoms with E-state index in [0.717, 1.165) is 0 Å². The summed E-state index contributed by atoms with van der Waals surface area (Å²) >= 11 is 0. The zero-order chi connectivity index (χ0) is 10.1. The van der Waals surface area contributed by atoms with Crippen molar-refractivity contribution in [3.63, 3.8) is 0 Å². The van der Waals surface area contributed by atoms with Crippen molar-refractivity contribution in [2.24, 2.45) is 0 Å². The second kappa shape index (κ2) is 3.38. The van der Waals surface area contributed by atoms with E-state index in [0.29, 0.717) is 10.6 Å². The van der Waals surface area contributed by atoms with Crippen molar-refractivity contribution >= 4 is 15.5 Å². The number of hydrogen-bond acceptors (Lipinski definition) is 3. The number of rotatable bonds is 2. The van der Waals surface area contributed by atoms with Gasteiger partial charge in [0.2, 0.25) is 0 Å². The molecule has 0 atom stereocenters. The van der Waals surface area contributed by atoms with Crippen LogP contribution >= 0.6 is 0 Å². The number of nitrogens with zero attached hydrogens (tertiary/aromatic N) is 1. The molecule has 0 saturated heterocycles. The van der Waals surface area contributed by atoms with Crippen LogP contribution in [0.15, 0.2) is 23.1 Å². The van der Waals surface area contributed by atoms with Gasteiger partial charge < -0.3 is 4.90 Å². The average molecular weight is 198 g/mol. The largest absolute Gasteiger partial charge is 0.377 e. The van der Waals surface area contributed by atoms with E-state index >= 15 is 0 Å². The molecule has 1 aromatic carbocycles. The van der Waals surface area contributed by atoms with Crippen molar-refractivity contribution in [3.05, 3.63) is 24.3 Å². The lowest BCUT2D eigenvalue weighted by Gasteiger charge is -2.15. The van der Waals surface area contributed by atoms with Gasteiger partial charge >= 0.3 is 0 Å². The molecule has 0 unspecified atom stereocenters. The Kier molecular flexibility index (Phi) is 2.61. The van der Waals surface area contributed by atoms with Gasteiger partial charge in [0.25, 0.3) is 0 Å². The molecule has 0 saturated carbocycles. The lowest BCUT2D eigenvalue weighted by molar-refractivity contribution is 0.602. The van der Waals surface area contributed by atoms with Gasteiger partial charge in [0.05, 0.1) is 10.6 Å². The van der Waals surface area contributed by atoms with Crippen LogP contribution in [0, 0.1) is 6.07 Å². The van der Waals surface area contributed by atoms with Crippen LogP contribution in [0.5, 0.6) is 0 Å². The van der Waals surface area contributed by atoms with Crippen LogP contribution in [0.25, 0.3) is 0 Å². The first-order valence-corrected chi connectivity index (χ1v) is 5.69. The maximum Gasteiger partial charge on any atom is 0.177 e. The third-order valence-electron chi connectivity index (χ3n) is 1.68. The molecule has 0 aliphatic rings. The molecule has 3 nitrogen and oxygen atoms in total. The zero-order valence-corrected chi connectivity index (χ0v) is 8.72. The Morgan fingerprint density at radius 1 is 1.38 bits per heavy atom. The van der Waals surface area contributed by atoms with Gasteiger partial charge in [-0.2, -0.15) is 0 Å². The Balaban J connectivity index is 3.37. The number of hydrogen-bond donors (Lipinski definition) is 0. The molecule has 0 spiro atoms. The van der Waals surface area contributed by atoms with Crippen molar-refractivity contribution in [1.82, 2.24) is 0 Å². The molecule has 0 aliphatic carbocycles. The zero-order valence-electron chi connectivity index (χ0n) is 7.90. The summed E-state index contributed by atoms with van der Waals surface area (Å²) in [5.41, 5.74) is 0.671. The Labute approximate surface area is 78.9 Å². The minimum Gasteiger partial charge on any atom is -0.377 e. The van der Waals surface area contributed by atoms with Crippen molar-refractivity contribution in [3.8, 4) is 0 Å². The third kappa shape index (κ3) is 2.21. The Morgan fingerprint density at radius 3 is 2.38 bits per heavy atom. The van der Waals surface area contributed by atoms with Gasteiger partial charge in [0.1, 0.15) is 0 Å². The molecular weight excluding hydrogens is 186 g/mol. The van der Waals surface area contributed by atoms with E-state index in [1.165, 1.54) is 6.26 Å². The van der Waals surface area contributed by atoms with E-state index in [1.54, 1.807) is 37.2 Å². The fourth-order valence-corrected chi connectivity index (χ4v) is 2.01. The molecule has 0 heterocycles. The molecule has 1 aromatic rings. The SMILES string of the molecule is CN(C)c1c[c]ccc1S(C)(=O)=O. The van der Waals surface area contributed by atoms with Gasteiger partial charge in [-0.15, -0.1) is 0 Å². The Hall–Kier alpha value is -1.03. The normalized spacial score (nSPS) is 11.3. The highest BCUT2D eigenvalue weighted by Crippen LogP contribution is 2.22. The van der Waals surface area contributed by atoms with Crippen molar-refractivity contribution < 1.29 is 8.42 Å². The topological polar surface area (TPSA) is 37.4 Å². The lowest BCUT2D eigenvalue weighted by atomic mass is 10.3. The molecule has 4 heteroatoms. The maximum absolute atomic E-state index is 11.3. The first-order valence-electron chi connectivity index (χ1n) is 3.80. The first kappa shape index (κ1) is 10.1. The summed E-state index contributed by atoms with van der Waals surface area (Å²) in [6.45, 7) is 0. The van der Waals surface area contributed by atoms with E-state index < -0.39 is 9.84 Å². The molecule has 13 heavy (non-hydrogen) atoms. The molecule has 71 valence electrons. The highest BCUT2D eigenvalue weighted by molar-refractivity contribution is 7.90. The van der Waals surface area contributed by atoms with Crippen LogP contribution in [-0.4, -0.2) is 28.8 Å². The summed E-state index contributed by atoms with van der Waals surface area (Å²) in [6.07, 6.45) is 1.20. The third-order valence-corrected chi connectivity index (χ3v) is 2.83. The quantitative estimate of drug-likeness (QED) is 0.710. The summed E-state index contributed by atoms with van der Waals surface area (Å²) in [5, 5.41) is 0. The molecule has 0 aliphatic heterocycles. The predicted octanol–water partition coefficient (Wildman–Crippen LogP) is 0.956. The van der Waals surface area contributed by atoms with Gasteiger partial charge in [-0.1, -0.05) is 6.07 Å². The predicted molar refractivity (Wildman–Crippen MR) is 52.7 cm³/mol. The van der Waals surface area contributed by atoms with Crippen LogP contribution in [0.2, 0.25) is 0 Å². The molecule has 0 aromatic heterocycles. The van der Waals surface area contributed by atoms with Gasteiger partial charge in [-0.05, 0) is 18.2 Å². The van der Waals surface area contributed by atoms with E-state index in [-0.39, 0.29) is 0 Å². The van der Waals surface area contributed by atoms with E-state index in [9.17, 15) is 8.42 Å². The van der Waals surface area contributed by atoms with Crippen LogP contribution < -0.4 is 4.90 Å². The fourth-order valence-electron chi connectivity index (χ4n) is 1.07. The summed E-state index contributed by atoms with van der Waals surface area (Å²) in [4.78, 5) is 2.10. The summed E-state index contributed by atoms with van der Waals surface area (Å²) < 4.78 is 22.6. The molecule has 0 bridgehead atoms. The van der Waals surface area contributed by atoms with Gasteiger partial charge in [-0.3, -0.25) is 0 Å². The average Bonchev–Trinajstić information content (AvgIpc) is 2.03. The summed E-state index contributed by atoms with van der Waals surface area (Å²) in [6, 6.07) is 7.67.